The minimum Gasteiger partial charge on any atom is -0.479 e. The molecular weight excluding hydrogens is 203 g/mol. The average Bonchev–Trinajstić information content (AvgIpc) is 2.00. The molecule has 10 heteroatoms. The number of aliphatic carboxylic acids is 2. The first kappa shape index (κ1) is 15.3. The van der Waals surface area contributed by atoms with E-state index in [0.29, 0.717) is 0 Å². The standard InChI is InChI=1S/C4H6O6.BH3O3/c5-1(3(7)8)2(6)4(9)10;2-1(3)4/h1-2,5-6H,(H,7,8)(H,9,10);2-4H. The van der Waals surface area contributed by atoms with Crippen LogP contribution in [0.4, 0.5) is 0 Å². The SMILES string of the molecule is O=C(O)C(O)C(O)C(=O)O.OB(O)O. The lowest BCUT2D eigenvalue weighted by Gasteiger charge is -2.07. The van der Waals surface area contributed by atoms with Crippen molar-refractivity contribution in [3.05, 3.63) is 0 Å². The second-order valence-electron chi connectivity index (χ2n) is 1.91. The Labute approximate surface area is 77.7 Å². The highest BCUT2D eigenvalue weighted by molar-refractivity contribution is 6.30. The minimum absolute atomic E-state index is 1.77. The van der Waals surface area contributed by atoms with Crippen molar-refractivity contribution in [3.63, 3.8) is 0 Å². The third kappa shape index (κ3) is 8.90. The van der Waals surface area contributed by atoms with Crippen LogP contribution in [0.15, 0.2) is 0 Å². The Morgan fingerprint density at radius 2 is 1.00 bits per heavy atom. The number of carboxylic acids is 2. The predicted molar refractivity (Wildman–Crippen MR) is 39.7 cm³/mol. The maximum Gasteiger partial charge on any atom is 0.631 e. The van der Waals surface area contributed by atoms with Crippen molar-refractivity contribution in [2.75, 3.05) is 0 Å². The summed E-state index contributed by atoms with van der Waals surface area (Å²) in [7, 11) is -2.17. The van der Waals surface area contributed by atoms with Gasteiger partial charge in [0.1, 0.15) is 0 Å². The van der Waals surface area contributed by atoms with Crippen LogP contribution in [0.25, 0.3) is 0 Å². The van der Waals surface area contributed by atoms with E-state index in [1.54, 1.807) is 0 Å². The summed E-state index contributed by atoms with van der Waals surface area (Å²) in [5.41, 5.74) is 0. The predicted octanol–water partition coefficient (Wildman–Crippen LogP) is -4.17. The van der Waals surface area contributed by atoms with Gasteiger partial charge in [-0.15, -0.1) is 0 Å². The summed E-state index contributed by atoms with van der Waals surface area (Å²) < 4.78 is 0. The largest absolute Gasteiger partial charge is 0.631 e. The molecule has 7 N–H and O–H groups in total. The molecule has 0 saturated carbocycles. The van der Waals surface area contributed by atoms with Crippen LogP contribution in [-0.4, -0.2) is 67.0 Å². The number of aliphatic hydroxyl groups is 2. The molecular formula is C4H9BO9. The molecule has 0 aromatic rings. The first-order chi connectivity index (χ1) is 6.20. The molecule has 0 heterocycles. The molecule has 2 atom stereocenters. The lowest BCUT2D eigenvalue weighted by Crippen LogP contribution is -2.39. The monoisotopic (exact) mass is 212 g/mol. The molecule has 0 aromatic carbocycles. The lowest BCUT2D eigenvalue weighted by atomic mass is 10.2. The summed E-state index contributed by atoms with van der Waals surface area (Å²) in [6.07, 6.45) is -4.53. The third-order valence-electron chi connectivity index (χ3n) is 0.805. The van der Waals surface area contributed by atoms with Crippen LogP contribution in [0.2, 0.25) is 0 Å². The average molecular weight is 212 g/mol. The van der Waals surface area contributed by atoms with E-state index >= 15 is 0 Å². The van der Waals surface area contributed by atoms with Crippen LogP contribution >= 0.6 is 0 Å². The molecule has 0 fully saturated rings. The van der Waals surface area contributed by atoms with Crippen LogP contribution in [0.1, 0.15) is 0 Å². The van der Waals surface area contributed by atoms with E-state index in [4.69, 9.17) is 35.5 Å². The Hall–Kier alpha value is -1.20. The van der Waals surface area contributed by atoms with Gasteiger partial charge in [0.15, 0.2) is 12.2 Å². The molecule has 0 bridgehead atoms. The summed E-state index contributed by atoms with van der Waals surface area (Å²) >= 11 is 0. The van der Waals surface area contributed by atoms with Gasteiger partial charge >= 0.3 is 19.3 Å². The van der Waals surface area contributed by atoms with E-state index in [2.05, 4.69) is 0 Å². The summed E-state index contributed by atoms with van der Waals surface area (Å²) in [4.78, 5) is 19.5. The Morgan fingerprint density at radius 3 is 1.07 bits per heavy atom. The Bertz CT molecular complexity index is 170. The van der Waals surface area contributed by atoms with E-state index in [0.717, 1.165) is 0 Å². The Morgan fingerprint density at radius 1 is 0.857 bits per heavy atom. The van der Waals surface area contributed by atoms with Crippen LogP contribution in [0, 0.1) is 0 Å². The molecule has 0 spiro atoms. The van der Waals surface area contributed by atoms with E-state index in [1.807, 2.05) is 0 Å². The number of aliphatic hydroxyl groups excluding tert-OH is 2. The fourth-order valence-electron chi connectivity index (χ4n) is 0.270. The second-order valence-corrected chi connectivity index (χ2v) is 1.91. The van der Waals surface area contributed by atoms with Crippen molar-refractivity contribution in [1.82, 2.24) is 0 Å². The van der Waals surface area contributed by atoms with Crippen molar-refractivity contribution in [3.8, 4) is 0 Å². The van der Waals surface area contributed by atoms with Crippen LogP contribution in [0.5, 0.6) is 0 Å². The molecule has 0 aliphatic heterocycles. The molecule has 0 aromatic heterocycles. The number of hydrogen-bond donors (Lipinski definition) is 7. The molecule has 0 radical (unpaired) electrons. The first-order valence-electron chi connectivity index (χ1n) is 3.06. The zero-order valence-electron chi connectivity index (χ0n) is 6.68. The smallest absolute Gasteiger partial charge is 0.479 e. The third-order valence-corrected chi connectivity index (χ3v) is 0.805. The topological polar surface area (TPSA) is 176 Å². The fourth-order valence-corrected chi connectivity index (χ4v) is 0.270. The Balaban J connectivity index is 0. The molecule has 9 nitrogen and oxygen atoms in total. The van der Waals surface area contributed by atoms with Gasteiger partial charge in [-0.1, -0.05) is 0 Å². The quantitative estimate of drug-likeness (QED) is 0.228. The van der Waals surface area contributed by atoms with Crippen molar-refractivity contribution in [2.24, 2.45) is 0 Å². The molecule has 14 heavy (non-hydrogen) atoms. The molecule has 0 aliphatic carbocycles. The lowest BCUT2D eigenvalue weighted by molar-refractivity contribution is -0.165. The van der Waals surface area contributed by atoms with Gasteiger partial charge in [0.05, 0.1) is 0 Å². The van der Waals surface area contributed by atoms with Gasteiger partial charge in [-0.3, -0.25) is 0 Å². The summed E-state index contributed by atoms with van der Waals surface area (Å²) in [6, 6.07) is 0. The van der Waals surface area contributed by atoms with Gasteiger partial charge in [0.2, 0.25) is 0 Å². The zero-order chi connectivity index (χ0) is 11.9. The van der Waals surface area contributed by atoms with Gasteiger partial charge in [0, 0.05) is 0 Å². The normalized spacial score (nSPS) is 13.2. The maximum atomic E-state index is 9.77. The van der Waals surface area contributed by atoms with Crippen LogP contribution in [-0.2, 0) is 9.59 Å². The van der Waals surface area contributed by atoms with E-state index in [1.165, 1.54) is 0 Å². The summed E-state index contributed by atoms with van der Waals surface area (Å²) in [5, 5.41) is 54.0. The van der Waals surface area contributed by atoms with Crippen molar-refractivity contribution in [1.29, 1.82) is 0 Å². The Kier molecular flexibility index (Phi) is 7.90. The van der Waals surface area contributed by atoms with E-state index in [-0.39, 0.29) is 0 Å². The molecule has 0 aliphatic rings. The fraction of sp³-hybridized carbons (Fsp3) is 0.500. The van der Waals surface area contributed by atoms with Gasteiger partial charge in [-0.05, 0) is 0 Å². The highest BCUT2D eigenvalue weighted by Gasteiger charge is 2.29. The molecule has 2 unspecified atom stereocenters. The van der Waals surface area contributed by atoms with Gasteiger partial charge < -0.3 is 35.5 Å². The van der Waals surface area contributed by atoms with Gasteiger partial charge in [-0.2, -0.15) is 0 Å². The zero-order valence-corrected chi connectivity index (χ0v) is 6.68. The molecule has 82 valence electrons. The highest BCUT2D eigenvalue weighted by Crippen LogP contribution is 1.92. The van der Waals surface area contributed by atoms with Crippen LogP contribution < -0.4 is 0 Å². The van der Waals surface area contributed by atoms with Crippen molar-refractivity contribution in [2.45, 2.75) is 12.2 Å². The minimum atomic E-state index is -2.27. The molecule has 0 amide bonds. The van der Waals surface area contributed by atoms with Crippen LogP contribution in [0.3, 0.4) is 0 Å². The number of hydrogen-bond acceptors (Lipinski definition) is 7. The van der Waals surface area contributed by atoms with E-state index < -0.39 is 31.5 Å². The van der Waals surface area contributed by atoms with Gasteiger partial charge in [0.25, 0.3) is 0 Å². The maximum absolute atomic E-state index is 9.77. The number of carbonyl (C=O) groups is 2. The van der Waals surface area contributed by atoms with Gasteiger partial charge in [-0.25, -0.2) is 9.59 Å². The number of carboxylic acid groups (broad SMARTS) is 2. The molecule has 0 saturated heterocycles. The van der Waals surface area contributed by atoms with E-state index in [9.17, 15) is 9.59 Å². The summed E-state index contributed by atoms with van der Waals surface area (Å²) in [5.74, 6) is -3.54. The first-order valence-corrected chi connectivity index (χ1v) is 3.06. The summed E-state index contributed by atoms with van der Waals surface area (Å²) in [6.45, 7) is 0. The van der Waals surface area contributed by atoms with Crippen molar-refractivity contribution < 1.29 is 45.1 Å². The number of rotatable bonds is 3. The van der Waals surface area contributed by atoms with Crippen molar-refractivity contribution >= 4 is 19.3 Å². The second kappa shape index (κ2) is 7.23. The molecule has 0 rings (SSSR count). The highest BCUT2D eigenvalue weighted by atomic mass is 16.5.